The predicted molar refractivity (Wildman–Crippen MR) is 74.3 cm³/mol. The van der Waals surface area contributed by atoms with E-state index in [1.807, 2.05) is 5.92 Å². The van der Waals surface area contributed by atoms with Gasteiger partial charge in [-0.2, -0.15) is 0 Å². The van der Waals surface area contributed by atoms with Crippen molar-refractivity contribution in [2.24, 2.45) is 0 Å². The van der Waals surface area contributed by atoms with E-state index in [-0.39, 0.29) is 6.61 Å². The standard InChI is InChI=1S/C13H19NO10/c1-2-3-23-12(21)14-8-6(16)4-13(22,11(19)20)24-10(8)9(18)7(17)5-15/h1,6-10,15-18,22H,3-5H2,(H,14,21)(H,19,20)/t6-,7+,8+,9+,10+,13?/m0/s1. The van der Waals surface area contributed by atoms with Gasteiger partial charge in [0.15, 0.2) is 6.61 Å². The predicted octanol–water partition coefficient (Wildman–Crippen LogP) is -3.65. The van der Waals surface area contributed by atoms with Gasteiger partial charge < -0.3 is 45.4 Å². The fourth-order valence-corrected chi connectivity index (χ4v) is 2.19. The van der Waals surface area contributed by atoms with Gasteiger partial charge in [-0.05, 0) is 0 Å². The van der Waals surface area contributed by atoms with E-state index in [9.17, 15) is 30.0 Å². The molecule has 0 aliphatic carbocycles. The van der Waals surface area contributed by atoms with Crippen LogP contribution >= 0.6 is 0 Å². The first-order valence-corrected chi connectivity index (χ1v) is 6.81. The van der Waals surface area contributed by atoms with Crippen LogP contribution in [0, 0.1) is 12.3 Å². The summed E-state index contributed by atoms with van der Waals surface area (Å²) in [5.41, 5.74) is 0. The Morgan fingerprint density at radius 1 is 1.46 bits per heavy atom. The van der Waals surface area contributed by atoms with Gasteiger partial charge in [-0.15, -0.1) is 6.42 Å². The highest BCUT2D eigenvalue weighted by Gasteiger charge is 2.54. The van der Waals surface area contributed by atoms with Crippen LogP contribution < -0.4 is 5.32 Å². The summed E-state index contributed by atoms with van der Waals surface area (Å²) in [6.07, 6.45) is -4.19. The largest absolute Gasteiger partial charge is 0.477 e. The zero-order chi connectivity index (χ0) is 18.5. The number of aliphatic carboxylic acids is 1. The van der Waals surface area contributed by atoms with E-state index >= 15 is 0 Å². The Morgan fingerprint density at radius 3 is 2.58 bits per heavy atom. The topological polar surface area (TPSA) is 186 Å². The van der Waals surface area contributed by atoms with Crippen LogP contribution in [0.15, 0.2) is 0 Å². The molecule has 1 heterocycles. The maximum Gasteiger partial charge on any atom is 0.408 e. The number of aliphatic hydroxyl groups is 5. The summed E-state index contributed by atoms with van der Waals surface area (Å²) in [6, 6.07) is -1.45. The molecule has 1 amide bonds. The minimum atomic E-state index is -2.86. The second-order valence-electron chi connectivity index (χ2n) is 5.13. The third-order valence-electron chi connectivity index (χ3n) is 3.41. The number of aliphatic hydroxyl groups excluding tert-OH is 4. The van der Waals surface area contributed by atoms with Crippen molar-refractivity contribution in [3.8, 4) is 12.3 Å². The number of ether oxygens (including phenoxy) is 2. The van der Waals surface area contributed by atoms with Crippen LogP contribution in [0.5, 0.6) is 0 Å². The summed E-state index contributed by atoms with van der Waals surface area (Å²) in [7, 11) is 0. The highest BCUT2D eigenvalue weighted by Crippen LogP contribution is 2.30. The molecule has 0 spiro atoms. The van der Waals surface area contributed by atoms with Crippen LogP contribution in [0.1, 0.15) is 6.42 Å². The molecule has 7 N–H and O–H groups in total. The van der Waals surface area contributed by atoms with Crippen LogP contribution in [0.3, 0.4) is 0 Å². The fraction of sp³-hybridized carbons (Fsp3) is 0.692. The van der Waals surface area contributed by atoms with Gasteiger partial charge in [0, 0.05) is 6.42 Å². The molecule has 1 saturated heterocycles. The third kappa shape index (κ3) is 4.54. The molecule has 0 saturated carbocycles. The maximum absolute atomic E-state index is 11.6. The molecule has 1 unspecified atom stereocenters. The summed E-state index contributed by atoms with van der Waals surface area (Å²) >= 11 is 0. The number of alkyl carbamates (subject to hydrolysis) is 1. The molecule has 1 aliphatic heterocycles. The maximum atomic E-state index is 11.6. The Labute approximate surface area is 136 Å². The molecule has 24 heavy (non-hydrogen) atoms. The quantitative estimate of drug-likeness (QED) is 0.236. The Bertz CT molecular complexity index is 505. The lowest BCUT2D eigenvalue weighted by Crippen LogP contribution is -2.67. The molecule has 0 aromatic heterocycles. The molecule has 1 fully saturated rings. The molecular formula is C13H19NO10. The number of carbonyl (C=O) groups excluding carboxylic acids is 1. The van der Waals surface area contributed by atoms with Gasteiger partial charge in [-0.25, -0.2) is 9.59 Å². The number of carboxylic acids is 1. The minimum absolute atomic E-state index is 0.388. The number of terminal acetylenes is 1. The number of carbonyl (C=O) groups is 2. The number of nitrogens with one attached hydrogen (secondary N) is 1. The lowest BCUT2D eigenvalue weighted by molar-refractivity contribution is -0.294. The number of amides is 1. The van der Waals surface area contributed by atoms with Crippen molar-refractivity contribution in [2.75, 3.05) is 13.2 Å². The minimum Gasteiger partial charge on any atom is -0.477 e. The van der Waals surface area contributed by atoms with Crippen molar-refractivity contribution in [2.45, 2.75) is 42.7 Å². The molecule has 0 bridgehead atoms. The Balaban J connectivity index is 3.02. The van der Waals surface area contributed by atoms with Crippen LogP contribution in [0.4, 0.5) is 4.79 Å². The lowest BCUT2D eigenvalue weighted by Gasteiger charge is -2.44. The summed E-state index contributed by atoms with van der Waals surface area (Å²) in [5, 5.41) is 59.3. The van der Waals surface area contributed by atoms with E-state index < -0.39 is 61.3 Å². The SMILES string of the molecule is C#CCOC(=O)N[C@H]1[C@H]([C@H](O)[C@H](O)CO)OC(O)(C(=O)O)C[C@@H]1O. The summed E-state index contributed by atoms with van der Waals surface area (Å²) in [6.45, 7) is -1.31. The average molecular weight is 349 g/mol. The van der Waals surface area contributed by atoms with Crippen molar-refractivity contribution in [1.29, 1.82) is 0 Å². The van der Waals surface area contributed by atoms with Crippen molar-refractivity contribution in [3.63, 3.8) is 0 Å². The number of carboxylic acid groups (broad SMARTS) is 1. The molecular weight excluding hydrogens is 330 g/mol. The first kappa shape index (κ1) is 20.1. The smallest absolute Gasteiger partial charge is 0.408 e. The van der Waals surface area contributed by atoms with Gasteiger partial charge in [0.2, 0.25) is 0 Å². The average Bonchev–Trinajstić information content (AvgIpc) is 2.53. The summed E-state index contributed by atoms with van der Waals surface area (Å²) in [5.74, 6) is -2.68. The molecule has 136 valence electrons. The number of hydrogen-bond acceptors (Lipinski definition) is 9. The normalized spacial score (nSPS) is 32.2. The van der Waals surface area contributed by atoms with E-state index in [1.165, 1.54) is 0 Å². The van der Waals surface area contributed by atoms with Crippen LogP contribution in [-0.4, -0.2) is 92.2 Å². The number of rotatable bonds is 6. The van der Waals surface area contributed by atoms with Crippen molar-refractivity contribution in [3.05, 3.63) is 0 Å². The third-order valence-corrected chi connectivity index (χ3v) is 3.41. The van der Waals surface area contributed by atoms with Gasteiger partial charge >= 0.3 is 12.1 Å². The van der Waals surface area contributed by atoms with Crippen LogP contribution in [-0.2, 0) is 14.3 Å². The van der Waals surface area contributed by atoms with E-state index in [1.54, 1.807) is 0 Å². The Kier molecular flexibility index (Phi) is 6.91. The van der Waals surface area contributed by atoms with Crippen molar-refractivity contribution >= 4 is 12.1 Å². The van der Waals surface area contributed by atoms with Crippen molar-refractivity contribution in [1.82, 2.24) is 5.32 Å². The zero-order valence-electron chi connectivity index (χ0n) is 12.4. The summed E-state index contributed by atoms with van der Waals surface area (Å²) < 4.78 is 9.40. The molecule has 0 radical (unpaired) electrons. The van der Waals surface area contributed by atoms with Crippen LogP contribution in [0.2, 0.25) is 0 Å². The molecule has 11 heteroatoms. The monoisotopic (exact) mass is 349 g/mol. The molecule has 0 aromatic carbocycles. The zero-order valence-corrected chi connectivity index (χ0v) is 12.4. The Morgan fingerprint density at radius 2 is 2.08 bits per heavy atom. The van der Waals surface area contributed by atoms with Gasteiger partial charge in [-0.3, -0.25) is 0 Å². The van der Waals surface area contributed by atoms with Gasteiger partial charge in [0.1, 0.15) is 18.3 Å². The summed E-state index contributed by atoms with van der Waals surface area (Å²) in [4.78, 5) is 22.6. The van der Waals surface area contributed by atoms with E-state index in [0.717, 1.165) is 0 Å². The molecule has 1 rings (SSSR count). The van der Waals surface area contributed by atoms with E-state index in [2.05, 4.69) is 10.1 Å². The van der Waals surface area contributed by atoms with Gasteiger partial charge in [0.05, 0.1) is 18.8 Å². The van der Waals surface area contributed by atoms with Crippen molar-refractivity contribution < 1.29 is 49.7 Å². The first-order valence-electron chi connectivity index (χ1n) is 6.81. The molecule has 6 atom stereocenters. The van der Waals surface area contributed by atoms with Crippen LogP contribution in [0.25, 0.3) is 0 Å². The Hall–Kier alpha value is -1.94. The highest BCUT2D eigenvalue weighted by atomic mass is 16.7. The highest BCUT2D eigenvalue weighted by molar-refractivity contribution is 5.75. The molecule has 1 aliphatic rings. The molecule has 11 nitrogen and oxygen atoms in total. The van der Waals surface area contributed by atoms with Gasteiger partial charge in [0.25, 0.3) is 5.79 Å². The number of hydrogen-bond donors (Lipinski definition) is 7. The second-order valence-corrected chi connectivity index (χ2v) is 5.13. The van der Waals surface area contributed by atoms with Gasteiger partial charge in [-0.1, -0.05) is 5.92 Å². The molecule has 0 aromatic rings. The lowest BCUT2D eigenvalue weighted by atomic mass is 9.89. The van der Waals surface area contributed by atoms with E-state index in [4.69, 9.17) is 21.4 Å². The van der Waals surface area contributed by atoms with E-state index in [0.29, 0.717) is 0 Å². The fourth-order valence-electron chi connectivity index (χ4n) is 2.19. The second kappa shape index (κ2) is 8.25. The first-order chi connectivity index (χ1) is 11.2.